The van der Waals surface area contributed by atoms with E-state index in [1.807, 2.05) is 44.2 Å². The molecule has 0 fully saturated rings. The molecule has 3 aromatic carbocycles. The zero-order chi connectivity index (χ0) is 39.4. The Labute approximate surface area is 323 Å². The van der Waals surface area contributed by atoms with E-state index in [9.17, 15) is 24.0 Å². The van der Waals surface area contributed by atoms with Crippen molar-refractivity contribution < 1.29 is 42.5 Å². The number of furan rings is 1. The number of rotatable bonds is 23. The van der Waals surface area contributed by atoms with Crippen molar-refractivity contribution in [2.45, 2.75) is 65.5 Å². The van der Waals surface area contributed by atoms with Crippen LogP contribution in [-0.4, -0.2) is 60.8 Å². The number of carbonyl (C=O) groups excluding carboxylic acids is 5. The lowest BCUT2D eigenvalue weighted by atomic mass is 9.90. The van der Waals surface area contributed by atoms with Gasteiger partial charge in [-0.3, -0.25) is 19.2 Å². The minimum atomic E-state index is -0.733. The third-order valence-electron chi connectivity index (χ3n) is 8.62. The van der Waals surface area contributed by atoms with Gasteiger partial charge in [-0.05, 0) is 61.7 Å². The van der Waals surface area contributed by atoms with E-state index in [2.05, 4.69) is 16.0 Å². The SMILES string of the molecule is CCCCCC(C(=O)NCNC(=O)c1ccc(-c2ccc(C(=O)NCPOCc3ccccc3)c(OCC)c2)o1)[C@@H](CC)N(C=O)OC(=O)c1ccccc1. The van der Waals surface area contributed by atoms with Crippen molar-refractivity contribution in [3.8, 4) is 17.1 Å². The molecule has 2 unspecified atom stereocenters. The average molecular weight is 773 g/mol. The molecule has 0 aliphatic carbocycles. The van der Waals surface area contributed by atoms with Gasteiger partial charge in [-0.15, -0.1) is 0 Å². The summed E-state index contributed by atoms with van der Waals surface area (Å²) in [6.07, 6.45) is 4.04. The molecular weight excluding hydrogens is 723 g/mol. The zero-order valence-corrected chi connectivity index (χ0v) is 32.4. The number of hydrogen-bond acceptors (Lipinski definition) is 9. The third-order valence-corrected chi connectivity index (χ3v) is 9.29. The first-order chi connectivity index (χ1) is 26.8. The molecule has 0 aliphatic heterocycles. The standard InChI is InChI=1S/C41H49N4O9P/c1-4-7-10-19-32(34(5-2)45(28-46)54-41(50)30-17-13-9-14-18-30)38(47)42-26-43-40(49)36-23-22-35(53-36)31-20-21-33(37(24-31)51-6-3)39(48)44-27-55-52-25-29-15-11-8-12-16-29/h8-9,11-18,20-24,28,32,34,55H,4-7,10,19,25-27H2,1-3H3,(H,42,47)(H,43,49)(H,44,48)/t32?,34-/m1/s1. The van der Waals surface area contributed by atoms with Gasteiger partial charge in [-0.2, -0.15) is 5.06 Å². The van der Waals surface area contributed by atoms with Gasteiger partial charge in [0.25, 0.3) is 11.8 Å². The molecule has 4 aromatic rings. The number of hydrogen-bond donors (Lipinski definition) is 3. The van der Waals surface area contributed by atoms with Crippen molar-refractivity contribution in [1.29, 1.82) is 0 Å². The van der Waals surface area contributed by atoms with Crippen LogP contribution in [0.1, 0.15) is 89.7 Å². The molecule has 14 heteroatoms. The molecule has 1 aromatic heterocycles. The van der Waals surface area contributed by atoms with Crippen LogP contribution in [0.25, 0.3) is 11.3 Å². The fourth-order valence-corrected chi connectivity index (χ4v) is 6.40. The Morgan fingerprint density at radius 3 is 2.29 bits per heavy atom. The maximum absolute atomic E-state index is 13.5. The van der Waals surface area contributed by atoms with Crippen LogP contribution in [0.3, 0.4) is 0 Å². The highest BCUT2D eigenvalue weighted by Gasteiger charge is 2.33. The van der Waals surface area contributed by atoms with Crippen molar-refractivity contribution in [3.05, 3.63) is 113 Å². The summed E-state index contributed by atoms with van der Waals surface area (Å²) in [6, 6.07) is 25.5. The number of benzene rings is 3. The Morgan fingerprint density at radius 2 is 1.60 bits per heavy atom. The second-order valence-corrected chi connectivity index (χ2v) is 13.4. The monoisotopic (exact) mass is 772 g/mol. The lowest BCUT2D eigenvalue weighted by Crippen LogP contribution is -2.49. The molecule has 0 saturated heterocycles. The Morgan fingerprint density at radius 1 is 0.855 bits per heavy atom. The molecule has 0 saturated carbocycles. The first-order valence-corrected chi connectivity index (χ1v) is 19.5. The number of ether oxygens (including phenoxy) is 1. The van der Waals surface area contributed by atoms with E-state index in [0.29, 0.717) is 67.8 Å². The van der Waals surface area contributed by atoms with Gasteiger partial charge >= 0.3 is 5.97 Å². The van der Waals surface area contributed by atoms with Gasteiger partial charge in [0.2, 0.25) is 12.3 Å². The first-order valence-electron chi connectivity index (χ1n) is 18.4. The first kappa shape index (κ1) is 42.2. The summed E-state index contributed by atoms with van der Waals surface area (Å²) >= 11 is 0. The minimum Gasteiger partial charge on any atom is -0.493 e. The maximum atomic E-state index is 13.5. The molecule has 3 atom stereocenters. The zero-order valence-electron chi connectivity index (χ0n) is 31.4. The molecule has 292 valence electrons. The smallest absolute Gasteiger partial charge is 0.363 e. The average Bonchev–Trinajstić information content (AvgIpc) is 3.71. The van der Waals surface area contributed by atoms with Gasteiger partial charge < -0.3 is 34.5 Å². The third kappa shape index (κ3) is 12.8. The highest BCUT2D eigenvalue weighted by molar-refractivity contribution is 7.32. The van der Waals surface area contributed by atoms with Crippen LogP contribution in [0.15, 0.2) is 95.4 Å². The topological polar surface area (TPSA) is 166 Å². The summed E-state index contributed by atoms with van der Waals surface area (Å²) < 4.78 is 17.3. The van der Waals surface area contributed by atoms with Gasteiger partial charge in [0.15, 0.2) is 5.76 Å². The molecule has 1 heterocycles. The summed E-state index contributed by atoms with van der Waals surface area (Å²) in [4.78, 5) is 69.8. The Hall–Kier alpha value is -5.52. The molecular formula is C41H49N4O9P. The maximum Gasteiger partial charge on any atom is 0.363 e. The van der Waals surface area contributed by atoms with E-state index in [1.165, 1.54) is 6.07 Å². The Balaban J connectivity index is 1.33. The fraction of sp³-hybridized carbons (Fsp3) is 0.341. The Kier molecular flexibility index (Phi) is 17.4. The van der Waals surface area contributed by atoms with Crippen molar-refractivity contribution in [1.82, 2.24) is 21.0 Å². The van der Waals surface area contributed by atoms with E-state index in [-0.39, 0.29) is 32.7 Å². The van der Waals surface area contributed by atoms with Gasteiger partial charge in [-0.25, -0.2) is 4.79 Å². The molecule has 3 N–H and O–H groups in total. The summed E-state index contributed by atoms with van der Waals surface area (Å²) in [5.41, 5.74) is 2.26. The molecule has 0 aliphatic rings. The number of unbranched alkanes of at least 4 members (excludes halogenated alkanes) is 2. The van der Waals surface area contributed by atoms with Crippen molar-refractivity contribution >= 4 is 38.9 Å². The minimum absolute atomic E-state index is 0.00593. The highest BCUT2D eigenvalue weighted by Crippen LogP contribution is 2.29. The van der Waals surface area contributed by atoms with Crippen LogP contribution < -0.4 is 20.7 Å². The van der Waals surface area contributed by atoms with Gasteiger partial charge in [0.1, 0.15) is 11.5 Å². The predicted molar refractivity (Wildman–Crippen MR) is 209 cm³/mol. The molecule has 0 spiro atoms. The van der Waals surface area contributed by atoms with Crippen LogP contribution in [0.4, 0.5) is 0 Å². The summed E-state index contributed by atoms with van der Waals surface area (Å²) in [6.45, 7) is 6.24. The summed E-state index contributed by atoms with van der Waals surface area (Å²) in [5.74, 6) is -1.96. The lowest BCUT2D eigenvalue weighted by molar-refractivity contribution is -0.171. The molecule has 4 amide bonds. The van der Waals surface area contributed by atoms with E-state index in [1.54, 1.807) is 61.5 Å². The number of amides is 4. The van der Waals surface area contributed by atoms with Gasteiger partial charge in [-0.1, -0.05) is 87.7 Å². The second kappa shape index (κ2) is 22.6. The van der Waals surface area contributed by atoms with E-state index < -0.39 is 29.7 Å². The fourth-order valence-electron chi connectivity index (χ4n) is 5.80. The quantitative estimate of drug-likeness (QED) is 0.0240. The molecule has 4 rings (SSSR count). The number of nitrogens with zero attached hydrogens (tertiary/aromatic N) is 1. The van der Waals surface area contributed by atoms with Crippen LogP contribution in [-0.2, 0) is 25.6 Å². The number of carbonyl (C=O) groups is 5. The van der Waals surface area contributed by atoms with E-state index >= 15 is 0 Å². The van der Waals surface area contributed by atoms with Crippen LogP contribution in [0.2, 0.25) is 0 Å². The molecule has 55 heavy (non-hydrogen) atoms. The van der Waals surface area contributed by atoms with Crippen LogP contribution in [0, 0.1) is 5.92 Å². The van der Waals surface area contributed by atoms with Crippen molar-refractivity contribution in [3.63, 3.8) is 0 Å². The highest BCUT2D eigenvalue weighted by atomic mass is 31.1. The van der Waals surface area contributed by atoms with Crippen molar-refractivity contribution in [2.75, 3.05) is 19.6 Å². The molecule has 0 bridgehead atoms. The second-order valence-electron chi connectivity index (χ2n) is 12.4. The number of nitrogens with one attached hydrogen (secondary N) is 3. The largest absolute Gasteiger partial charge is 0.493 e. The normalized spacial score (nSPS) is 12.1. The predicted octanol–water partition coefficient (Wildman–Crippen LogP) is 6.85. The molecule has 13 nitrogen and oxygen atoms in total. The van der Waals surface area contributed by atoms with Gasteiger partial charge in [0, 0.05) is 14.4 Å². The van der Waals surface area contributed by atoms with E-state index in [0.717, 1.165) is 23.5 Å². The van der Waals surface area contributed by atoms with Gasteiger partial charge in [0.05, 0.1) is 49.3 Å². The van der Waals surface area contributed by atoms with E-state index in [4.69, 9.17) is 18.5 Å². The Bertz CT molecular complexity index is 1840. The summed E-state index contributed by atoms with van der Waals surface area (Å²) in [7, 11) is 0.0765. The number of hydroxylamine groups is 2. The van der Waals surface area contributed by atoms with Crippen LogP contribution in [0.5, 0.6) is 5.75 Å². The molecule has 0 radical (unpaired) electrons. The van der Waals surface area contributed by atoms with Crippen LogP contribution >= 0.6 is 8.81 Å². The van der Waals surface area contributed by atoms with Crippen molar-refractivity contribution in [2.24, 2.45) is 5.92 Å². The summed E-state index contributed by atoms with van der Waals surface area (Å²) in [5, 5.41) is 9.16. The lowest BCUT2D eigenvalue weighted by Gasteiger charge is -2.31.